The summed E-state index contributed by atoms with van der Waals surface area (Å²) in [7, 11) is 5.45. The molecule has 0 aliphatic carbocycles. The van der Waals surface area contributed by atoms with Gasteiger partial charge in [0.2, 0.25) is 0 Å². The van der Waals surface area contributed by atoms with Gasteiger partial charge in [-0.2, -0.15) is 10.4 Å². The summed E-state index contributed by atoms with van der Waals surface area (Å²) in [4.78, 5) is 35.5. The highest BCUT2D eigenvalue weighted by molar-refractivity contribution is 5.94. The second kappa shape index (κ2) is 8.80. The van der Waals surface area contributed by atoms with Crippen LogP contribution in [0.25, 0.3) is 0 Å². The van der Waals surface area contributed by atoms with E-state index in [0.29, 0.717) is 36.5 Å². The largest absolute Gasteiger partial charge is 0.322 e. The predicted octanol–water partition coefficient (Wildman–Crippen LogP) is 1.82. The van der Waals surface area contributed by atoms with Crippen molar-refractivity contribution in [1.82, 2.24) is 24.6 Å². The van der Waals surface area contributed by atoms with Crippen LogP contribution in [0.3, 0.4) is 0 Å². The molecule has 174 valence electrons. The summed E-state index contributed by atoms with van der Waals surface area (Å²) in [5.41, 5.74) is 2.09. The van der Waals surface area contributed by atoms with Gasteiger partial charge in [-0.3, -0.25) is 14.3 Å². The number of fused-ring (bicyclic) bond motifs is 3. The van der Waals surface area contributed by atoms with E-state index in [-0.39, 0.29) is 30.2 Å². The van der Waals surface area contributed by atoms with E-state index >= 15 is 0 Å². The minimum atomic E-state index is -0.647. The zero-order valence-electron chi connectivity index (χ0n) is 19.0. The summed E-state index contributed by atoms with van der Waals surface area (Å²) in [5.74, 6) is -0.955. The Hall–Kier alpha value is -3.49. The zero-order chi connectivity index (χ0) is 23.9. The third-order valence-corrected chi connectivity index (χ3v) is 5.82. The smallest absolute Gasteiger partial charge is 0.317 e. The minimum Gasteiger partial charge on any atom is -0.317 e. The molecule has 2 atom stereocenters. The molecule has 0 fully saturated rings. The number of carbonyl (C=O) groups excluding carboxylic acids is 2. The number of hydrogen-bond donors (Lipinski definition) is 1. The molecular weight excluding hydrogens is 429 g/mol. The standard InChI is InChI=1S/C22H26FN7O3/c1-13-7-19-17(12-29(13)22(32)25-15-5-6-18(23)14(8-15)9-24)20-21(31)28(4)33-16(10-27(2)3)11-30(20)26-19/h5-6,8,13,16H,7,10-12H2,1-4H3,(H,25,32)/t13-,16+/m1/s1. The van der Waals surface area contributed by atoms with Gasteiger partial charge < -0.3 is 15.1 Å². The summed E-state index contributed by atoms with van der Waals surface area (Å²) in [5, 5.41) is 17.7. The number of likely N-dealkylation sites (N-methyl/N-ethyl adjacent to an activating group) is 1. The molecule has 10 nitrogen and oxygen atoms in total. The van der Waals surface area contributed by atoms with E-state index in [0.717, 1.165) is 11.8 Å². The number of hydroxylamine groups is 2. The number of carbonyl (C=O) groups is 2. The van der Waals surface area contributed by atoms with Gasteiger partial charge >= 0.3 is 6.03 Å². The van der Waals surface area contributed by atoms with Crippen molar-refractivity contribution < 1.29 is 18.8 Å². The Kier molecular flexibility index (Phi) is 6.05. The van der Waals surface area contributed by atoms with Crippen molar-refractivity contribution in [2.45, 2.75) is 38.6 Å². The number of nitriles is 1. The van der Waals surface area contributed by atoms with Gasteiger partial charge in [0.05, 0.1) is 24.3 Å². The quantitative estimate of drug-likeness (QED) is 0.757. The number of nitrogens with one attached hydrogen (secondary N) is 1. The molecule has 1 aromatic heterocycles. The molecule has 0 bridgehead atoms. The average Bonchev–Trinajstić information content (AvgIpc) is 3.04. The molecule has 4 rings (SSSR count). The van der Waals surface area contributed by atoms with Gasteiger partial charge in [0.15, 0.2) is 0 Å². The van der Waals surface area contributed by atoms with Crippen molar-refractivity contribution in [1.29, 1.82) is 5.26 Å². The summed E-state index contributed by atoms with van der Waals surface area (Å²) in [6.07, 6.45) is 0.243. The van der Waals surface area contributed by atoms with Crippen LogP contribution in [-0.2, 0) is 24.3 Å². The van der Waals surface area contributed by atoms with Crippen molar-refractivity contribution in [2.24, 2.45) is 0 Å². The van der Waals surface area contributed by atoms with Crippen LogP contribution in [0.1, 0.15) is 34.2 Å². The van der Waals surface area contributed by atoms with E-state index in [4.69, 9.17) is 10.1 Å². The number of nitrogens with zero attached hydrogens (tertiary/aromatic N) is 6. The van der Waals surface area contributed by atoms with Gasteiger partial charge in [-0.25, -0.2) is 14.2 Å². The zero-order valence-corrected chi connectivity index (χ0v) is 19.0. The normalized spacial score (nSPS) is 20.2. The number of urea groups is 1. The topological polar surface area (TPSA) is 107 Å². The fourth-order valence-corrected chi connectivity index (χ4v) is 4.27. The molecule has 1 N–H and O–H groups in total. The molecule has 0 unspecified atom stereocenters. The highest BCUT2D eigenvalue weighted by Crippen LogP contribution is 2.29. The molecule has 3 amide bonds. The Bertz CT molecular complexity index is 1140. The van der Waals surface area contributed by atoms with Gasteiger partial charge in [0.25, 0.3) is 5.91 Å². The maximum absolute atomic E-state index is 13.6. The van der Waals surface area contributed by atoms with E-state index in [1.807, 2.05) is 25.9 Å². The lowest BCUT2D eigenvalue weighted by Crippen LogP contribution is -2.45. The van der Waals surface area contributed by atoms with Crippen LogP contribution in [0.4, 0.5) is 14.9 Å². The van der Waals surface area contributed by atoms with Gasteiger partial charge in [-0.15, -0.1) is 0 Å². The Morgan fingerprint density at radius 2 is 2.18 bits per heavy atom. The van der Waals surface area contributed by atoms with Gasteiger partial charge in [0, 0.05) is 37.3 Å². The molecule has 0 spiro atoms. The van der Waals surface area contributed by atoms with Crippen LogP contribution in [-0.4, -0.2) is 76.4 Å². The van der Waals surface area contributed by atoms with Crippen molar-refractivity contribution in [3.05, 3.63) is 46.5 Å². The van der Waals surface area contributed by atoms with Crippen LogP contribution in [0.15, 0.2) is 18.2 Å². The van der Waals surface area contributed by atoms with E-state index in [2.05, 4.69) is 10.4 Å². The van der Waals surface area contributed by atoms with Crippen molar-refractivity contribution in [3.63, 3.8) is 0 Å². The second-order valence-electron chi connectivity index (χ2n) is 8.67. The average molecular weight is 455 g/mol. The van der Waals surface area contributed by atoms with Crippen LogP contribution in [0.2, 0.25) is 0 Å². The second-order valence-corrected chi connectivity index (χ2v) is 8.67. The Labute approximate surface area is 191 Å². The third-order valence-electron chi connectivity index (χ3n) is 5.82. The number of rotatable bonds is 3. The first-order valence-electron chi connectivity index (χ1n) is 10.6. The molecule has 1 aromatic carbocycles. The summed E-state index contributed by atoms with van der Waals surface area (Å²) >= 11 is 0. The molecule has 0 saturated carbocycles. The summed E-state index contributed by atoms with van der Waals surface area (Å²) < 4.78 is 15.3. The summed E-state index contributed by atoms with van der Waals surface area (Å²) in [6.45, 7) is 3.14. The molecule has 11 heteroatoms. The van der Waals surface area contributed by atoms with Crippen molar-refractivity contribution in [2.75, 3.05) is 33.0 Å². The highest BCUT2D eigenvalue weighted by Gasteiger charge is 2.37. The predicted molar refractivity (Wildman–Crippen MR) is 117 cm³/mol. The highest BCUT2D eigenvalue weighted by atomic mass is 19.1. The molecule has 2 aromatic rings. The lowest BCUT2D eigenvalue weighted by atomic mass is 9.99. The van der Waals surface area contributed by atoms with Gasteiger partial charge in [0.1, 0.15) is 23.7 Å². The lowest BCUT2D eigenvalue weighted by Gasteiger charge is -2.33. The van der Waals surface area contributed by atoms with Gasteiger partial charge in [-0.05, 0) is 39.2 Å². The molecule has 2 aliphatic heterocycles. The number of benzene rings is 1. The summed E-state index contributed by atoms with van der Waals surface area (Å²) in [6, 6.07) is 5.02. The van der Waals surface area contributed by atoms with Crippen LogP contribution in [0, 0.1) is 17.1 Å². The molecule has 0 saturated heterocycles. The number of hydrogen-bond acceptors (Lipinski definition) is 6. The first-order chi connectivity index (χ1) is 15.7. The Balaban J connectivity index is 1.60. The number of halogens is 1. The van der Waals surface area contributed by atoms with Crippen molar-refractivity contribution in [3.8, 4) is 6.07 Å². The van der Waals surface area contributed by atoms with Crippen molar-refractivity contribution >= 4 is 17.6 Å². The van der Waals surface area contributed by atoms with E-state index in [1.54, 1.807) is 22.7 Å². The fraction of sp³-hybridized carbons (Fsp3) is 0.455. The maximum atomic E-state index is 13.6. The molecular formula is C22H26FN7O3. The first kappa shape index (κ1) is 22.7. The number of anilines is 1. The van der Waals surface area contributed by atoms with Crippen LogP contribution >= 0.6 is 0 Å². The molecule has 2 aliphatic rings. The number of aromatic nitrogens is 2. The third kappa shape index (κ3) is 4.40. The Morgan fingerprint density at radius 3 is 2.88 bits per heavy atom. The number of amides is 3. The Morgan fingerprint density at radius 1 is 1.42 bits per heavy atom. The lowest BCUT2D eigenvalue weighted by molar-refractivity contribution is -0.152. The SMILES string of the molecule is C[C@@H]1Cc2nn3c(c2CN1C(=O)Nc1ccc(F)c(C#N)c1)C(=O)N(C)O[C@@H](CN(C)C)C3. The van der Waals surface area contributed by atoms with E-state index < -0.39 is 11.8 Å². The maximum Gasteiger partial charge on any atom is 0.322 e. The van der Waals surface area contributed by atoms with E-state index in [1.165, 1.54) is 17.2 Å². The first-order valence-corrected chi connectivity index (χ1v) is 10.6. The fourth-order valence-electron chi connectivity index (χ4n) is 4.27. The molecule has 3 heterocycles. The van der Waals surface area contributed by atoms with E-state index in [9.17, 15) is 14.0 Å². The van der Waals surface area contributed by atoms with Gasteiger partial charge in [-0.1, -0.05) is 0 Å². The molecule has 0 radical (unpaired) electrons. The van der Waals surface area contributed by atoms with Crippen LogP contribution in [0.5, 0.6) is 0 Å². The van der Waals surface area contributed by atoms with Crippen LogP contribution < -0.4 is 5.32 Å². The minimum absolute atomic E-state index is 0.148. The monoisotopic (exact) mass is 455 g/mol. The molecule has 33 heavy (non-hydrogen) atoms.